The van der Waals surface area contributed by atoms with Crippen LogP contribution in [0.3, 0.4) is 0 Å². The maximum Gasteiger partial charge on any atom is 0.213 e. The van der Waals surface area contributed by atoms with E-state index in [1.165, 1.54) is 0 Å². The van der Waals surface area contributed by atoms with Crippen LogP contribution in [0.2, 0.25) is 0 Å². The highest BCUT2D eigenvalue weighted by Crippen LogP contribution is 2.32. The minimum absolute atomic E-state index is 0.0961. The Morgan fingerprint density at radius 1 is 1.30 bits per heavy atom. The number of nitrogens with one attached hydrogen (secondary N) is 1. The summed E-state index contributed by atoms with van der Waals surface area (Å²) >= 11 is 0. The van der Waals surface area contributed by atoms with Crippen molar-refractivity contribution >= 4 is 21.9 Å². The number of aromatic nitrogens is 4. The Kier molecular flexibility index (Phi) is 3.06. The Morgan fingerprint density at radius 3 is 2.96 bits per heavy atom. The predicted molar refractivity (Wildman–Crippen MR) is 88.3 cm³/mol. The molecule has 6 nitrogen and oxygen atoms in total. The molecule has 0 spiro atoms. The van der Waals surface area contributed by atoms with Crippen molar-refractivity contribution in [2.45, 2.75) is 6.61 Å². The standard InChI is InChI=1S/C17H16N4O2/c1-21-8-12(11-6-17(23-2)18-7-15(11)21)10-3-4-13-14(5-10)20-16(9-22)19-13/h3-8,22H,9H2,1-2H3,(H,19,20). The normalized spacial score (nSPS) is 11.4. The minimum atomic E-state index is -0.0961. The molecule has 0 atom stereocenters. The second-order valence-electron chi connectivity index (χ2n) is 5.47. The summed E-state index contributed by atoms with van der Waals surface area (Å²) in [6.45, 7) is -0.0961. The lowest BCUT2D eigenvalue weighted by atomic mass is 10.1. The molecule has 6 heteroatoms. The van der Waals surface area contributed by atoms with Crippen LogP contribution < -0.4 is 4.74 Å². The smallest absolute Gasteiger partial charge is 0.213 e. The maximum atomic E-state index is 9.21. The molecule has 0 radical (unpaired) electrons. The van der Waals surface area contributed by atoms with Crippen molar-refractivity contribution in [1.82, 2.24) is 19.5 Å². The van der Waals surface area contributed by atoms with E-state index in [1.807, 2.05) is 42.1 Å². The molecule has 1 aromatic carbocycles. The number of ether oxygens (including phenoxy) is 1. The van der Waals surface area contributed by atoms with Gasteiger partial charge in [-0.15, -0.1) is 0 Å². The van der Waals surface area contributed by atoms with Gasteiger partial charge in [-0.3, -0.25) is 0 Å². The number of aliphatic hydroxyl groups is 1. The van der Waals surface area contributed by atoms with Gasteiger partial charge in [-0.2, -0.15) is 0 Å². The number of nitrogens with zero attached hydrogens (tertiary/aromatic N) is 3. The fourth-order valence-corrected chi connectivity index (χ4v) is 2.91. The Hall–Kier alpha value is -2.86. The molecule has 0 aliphatic rings. The van der Waals surface area contributed by atoms with E-state index in [4.69, 9.17) is 4.74 Å². The molecule has 0 bridgehead atoms. The van der Waals surface area contributed by atoms with Crippen molar-refractivity contribution in [3.63, 3.8) is 0 Å². The molecule has 0 unspecified atom stereocenters. The zero-order valence-corrected chi connectivity index (χ0v) is 12.9. The lowest BCUT2D eigenvalue weighted by molar-refractivity contribution is 0.273. The molecule has 4 aromatic rings. The lowest BCUT2D eigenvalue weighted by Gasteiger charge is -2.02. The molecular formula is C17H16N4O2. The molecule has 3 aromatic heterocycles. The highest BCUT2D eigenvalue weighted by atomic mass is 16.5. The number of rotatable bonds is 3. The second-order valence-corrected chi connectivity index (χ2v) is 5.47. The number of aryl methyl sites for hydroxylation is 1. The van der Waals surface area contributed by atoms with E-state index in [1.54, 1.807) is 7.11 Å². The van der Waals surface area contributed by atoms with Crippen LogP contribution >= 0.6 is 0 Å². The number of H-pyrrole nitrogens is 1. The summed E-state index contributed by atoms with van der Waals surface area (Å²) in [5.74, 6) is 1.16. The zero-order chi connectivity index (χ0) is 16.0. The van der Waals surface area contributed by atoms with Crippen molar-refractivity contribution < 1.29 is 9.84 Å². The summed E-state index contributed by atoms with van der Waals surface area (Å²) in [6.07, 6.45) is 3.90. The third-order valence-electron chi connectivity index (χ3n) is 4.05. The number of fused-ring (bicyclic) bond motifs is 2. The largest absolute Gasteiger partial charge is 0.481 e. The van der Waals surface area contributed by atoms with Crippen molar-refractivity contribution in [3.8, 4) is 17.0 Å². The first-order valence-corrected chi connectivity index (χ1v) is 7.28. The average molecular weight is 308 g/mol. The van der Waals surface area contributed by atoms with Crippen LogP contribution in [-0.4, -0.2) is 31.7 Å². The number of aromatic amines is 1. The number of hydrogen-bond donors (Lipinski definition) is 2. The van der Waals surface area contributed by atoms with Gasteiger partial charge in [-0.05, 0) is 17.7 Å². The minimum Gasteiger partial charge on any atom is -0.481 e. The quantitative estimate of drug-likeness (QED) is 0.610. The van der Waals surface area contributed by atoms with Gasteiger partial charge in [0.1, 0.15) is 12.4 Å². The molecule has 2 N–H and O–H groups in total. The van der Waals surface area contributed by atoms with E-state index in [0.29, 0.717) is 11.7 Å². The Balaban J connectivity index is 1.94. The van der Waals surface area contributed by atoms with Gasteiger partial charge in [-0.1, -0.05) is 6.07 Å². The fourth-order valence-electron chi connectivity index (χ4n) is 2.91. The third-order valence-corrected chi connectivity index (χ3v) is 4.05. The van der Waals surface area contributed by atoms with Crippen LogP contribution in [0.15, 0.2) is 36.7 Å². The summed E-state index contributed by atoms with van der Waals surface area (Å²) in [4.78, 5) is 11.7. The maximum absolute atomic E-state index is 9.21. The SMILES string of the molecule is COc1cc2c(-c3ccc4nc(CO)[nH]c4c3)cn(C)c2cn1. The monoisotopic (exact) mass is 308 g/mol. The van der Waals surface area contributed by atoms with E-state index < -0.39 is 0 Å². The topological polar surface area (TPSA) is 76.0 Å². The van der Waals surface area contributed by atoms with Crippen molar-refractivity contribution in [1.29, 1.82) is 0 Å². The number of hydrogen-bond acceptors (Lipinski definition) is 4. The molecule has 0 aliphatic carbocycles. The number of imidazole rings is 1. The second kappa shape index (κ2) is 5.10. The van der Waals surface area contributed by atoms with Crippen LogP contribution in [0.4, 0.5) is 0 Å². The highest BCUT2D eigenvalue weighted by Gasteiger charge is 2.12. The van der Waals surface area contributed by atoms with Crippen molar-refractivity contribution in [3.05, 3.63) is 42.5 Å². The first-order chi connectivity index (χ1) is 11.2. The first-order valence-electron chi connectivity index (χ1n) is 7.28. The molecule has 116 valence electrons. The van der Waals surface area contributed by atoms with Gasteiger partial charge in [0.25, 0.3) is 0 Å². The van der Waals surface area contributed by atoms with E-state index in [2.05, 4.69) is 21.1 Å². The molecule has 0 saturated carbocycles. The molecule has 23 heavy (non-hydrogen) atoms. The van der Waals surface area contributed by atoms with E-state index in [9.17, 15) is 5.11 Å². The van der Waals surface area contributed by atoms with Crippen LogP contribution in [0.5, 0.6) is 5.88 Å². The summed E-state index contributed by atoms with van der Waals surface area (Å²) in [5.41, 5.74) is 4.97. The van der Waals surface area contributed by atoms with Crippen LogP contribution in [0.1, 0.15) is 5.82 Å². The molecule has 4 rings (SSSR count). The number of pyridine rings is 1. The summed E-state index contributed by atoms with van der Waals surface area (Å²) in [7, 11) is 3.61. The molecule has 0 fully saturated rings. The van der Waals surface area contributed by atoms with Gasteiger partial charge in [0.15, 0.2) is 0 Å². The average Bonchev–Trinajstić information content (AvgIpc) is 3.14. The van der Waals surface area contributed by atoms with Gasteiger partial charge in [0, 0.05) is 30.3 Å². The van der Waals surface area contributed by atoms with Crippen LogP contribution in [-0.2, 0) is 13.7 Å². The summed E-state index contributed by atoms with van der Waals surface area (Å²) in [6, 6.07) is 7.98. The summed E-state index contributed by atoms with van der Waals surface area (Å²) in [5, 5.41) is 10.3. The van der Waals surface area contributed by atoms with E-state index in [0.717, 1.165) is 33.1 Å². The highest BCUT2D eigenvalue weighted by molar-refractivity contribution is 5.98. The Labute approximate surface area is 132 Å². The van der Waals surface area contributed by atoms with Gasteiger partial charge >= 0.3 is 0 Å². The van der Waals surface area contributed by atoms with Crippen LogP contribution in [0.25, 0.3) is 33.1 Å². The van der Waals surface area contributed by atoms with Crippen molar-refractivity contribution in [2.24, 2.45) is 7.05 Å². The molecular weight excluding hydrogens is 292 g/mol. The molecule has 0 aliphatic heterocycles. The number of aliphatic hydroxyl groups excluding tert-OH is 1. The number of benzene rings is 1. The fraction of sp³-hybridized carbons (Fsp3) is 0.176. The Morgan fingerprint density at radius 2 is 2.17 bits per heavy atom. The van der Waals surface area contributed by atoms with Gasteiger partial charge in [-0.25, -0.2) is 9.97 Å². The van der Waals surface area contributed by atoms with E-state index in [-0.39, 0.29) is 6.61 Å². The predicted octanol–water partition coefficient (Wildman–Crippen LogP) is 2.62. The van der Waals surface area contributed by atoms with Gasteiger partial charge in [0.2, 0.25) is 5.88 Å². The Bertz CT molecular complexity index is 1020. The first kappa shape index (κ1) is 13.8. The molecule has 3 heterocycles. The molecule has 0 saturated heterocycles. The third kappa shape index (κ3) is 2.15. The lowest BCUT2D eigenvalue weighted by Crippen LogP contribution is -1.88. The summed E-state index contributed by atoms with van der Waals surface area (Å²) < 4.78 is 7.30. The zero-order valence-electron chi connectivity index (χ0n) is 12.9. The van der Waals surface area contributed by atoms with Crippen molar-refractivity contribution in [2.75, 3.05) is 7.11 Å². The van der Waals surface area contributed by atoms with Gasteiger partial charge in [0.05, 0.1) is 29.9 Å². The van der Waals surface area contributed by atoms with Crippen LogP contribution in [0, 0.1) is 0 Å². The molecule has 0 amide bonds. The van der Waals surface area contributed by atoms with Gasteiger partial charge < -0.3 is 19.4 Å². The number of methoxy groups -OCH3 is 1. The van der Waals surface area contributed by atoms with E-state index >= 15 is 0 Å².